The molecule has 0 bridgehead atoms. The highest BCUT2D eigenvalue weighted by Crippen LogP contribution is 2.30. The highest BCUT2D eigenvalue weighted by atomic mass is 19.4. The van der Waals surface area contributed by atoms with Crippen LogP contribution in [0.1, 0.15) is 17.0 Å². The molecule has 0 aliphatic heterocycles. The van der Waals surface area contributed by atoms with Gasteiger partial charge in [-0.1, -0.05) is 30.3 Å². The molecule has 2 aromatic carbocycles. The van der Waals surface area contributed by atoms with Crippen molar-refractivity contribution >= 4 is 17.9 Å². The number of hydrogen-bond acceptors (Lipinski definition) is 2. The molecule has 6 heteroatoms. The van der Waals surface area contributed by atoms with Crippen LogP contribution in [0.25, 0.3) is 0 Å². The van der Waals surface area contributed by atoms with Gasteiger partial charge in [0, 0.05) is 5.69 Å². The molecule has 1 radical (unpaired) electrons. The number of amides is 1. The second-order valence-corrected chi connectivity index (χ2v) is 4.53. The largest absolute Gasteiger partial charge is 0.416 e. The summed E-state index contributed by atoms with van der Waals surface area (Å²) in [7, 11) is 0. The summed E-state index contributed by atoms with van der Waals surface area (Å²) in [5.74, 6) is -1.79. The summed E-state index contributed by atoms with van der Waals surface area (Å²) in [6.45, 7) is 0. The number of halogens is 3. The molecule has 1 atom stereocenters. The van der Waals surface area contributed by atoms with Gasteiger partial charge in [-0.05, 0) is 29.8 Å². The maximum Gasteiger partial charge on any atom is 0.416 e. The molecule has 22 heavy (non-hydrogen) atoms. The van der Waals surface area contributed by atoms with Gasteiger partial charge in [0.05, 0.1) is 5.56 Å². The molecule has 0 aliphatic carbocycles. The average molecular weight is 306 g/mol. The van der Waals surface area contributed by atoms with Crippen LogP contribution >= 0.6 is 0 Å². The van der Waals surface area contributed by atoms with Crippen LogP contribution in [0.3, 0.4) is 0 Å². The Hall–Kier alpha value is -2.63. The molecule has 0 spiro atoms. The van der Waals surface area contributed by atoms with Crippen molar-refractivity contribution in [1.82, 2.24) is 0 Å². The number of benzene rings is 2. The van der Waals surface area contributed by atoms with E-state index in [1.807, 2.05) is 0 Å². The predicted octanol–water partition coefficient (Wildman–Crippen LogP) is 3.54. The van der Waals surface area contributed by atoms with Crippen molar-refractivity contribution in [3.05, 3.63) is 65.7 Å². The molecular formula is C16H11F3NO2. The zero-order chi connectivity index (χ0) is 16.2. The zero-order valence-corrected chi connectivity index (χ0v) is 11.2. The van der Waals surface area contributed by atoms with E-state index in [-0.39, 0.29) is 5.69 Å². The Kier molecular flexibility index (Phi) is 4.60. The van der Waals surface area contributed by atoms with E-state index in [9.17, 15) is 22.8 Å². The highest BCUT2D eigenvalue weighted by molar-refractivity contribution is 6.05. The Labute approximate surface area is 124 Å². The molecule has 2 aromatic rings. The van der Waals surface area contributed by atoms with Gasteiger partial charge in [-0.3, -0.25) is 9.59 Å². The van der Waals surface area contributed by atoms with Crippen molar-refractivity contribution in [1.29, 1.82) is 0 Å². The van der Waals surface area contributed by atoms with Crippen LogP contribution in [0.5, 0.6) is 0 Å². The van der Waals surface area contributed by atoms with E-state index in [1.54, 1.807) is 36.6 Å². The van der Waals surface area contributed by atoms with E-state index < -0.39 is 23.6 Å². The van der Waals surface area contributed by atoms with E-state index in [0.717, 1.165) is 24.3 Å². The number of hydrogen-bond donors (Lipinski definition) is 1. The van der Waals surface area contributed by atoms with Gasteiger partial charge in [-0.25, -0.2) is 0 Å². The molecule has 0 saturated carbocycles. The molecule has 0 fully saturated rings. The topological polar surface area (TPSA) is 46.2 Å². The van der Waals surface area contributed by atoms with E-state index in [4.69, 9.17) is 0 Å². The van der Waals surface area contributed by atoms with Gasteiger partial charge in [0.25, 0.3) is 0 Å². The SMILES string of the molecule is O=[C]C(C(=O)Nc1ccc(C(F)(F)F)cc1)c1ccccc1. The van der Waals surface area contributed by atoms with Gasteiger partial charge in [-0.2, -0.15) is 13.2 Å². The minimum absolute atomic E-state index is 0.175. The van der Waals surface area contributed by atoms with Crippen LogP contribution < -0.4 is 5.32 Å². The second kappa shape index (κ2) is 6.43. The normalized spacial score (nSPS) is 12.5. The second-order valence-electron chi connectivity index (χ2n) is 4.53. The first-order valence-electron chi connectivity index (χ1n) is 6.32. The monoisotopic (exact) mass is 306 g/mol. The van der Waals surface area contributed by atoms with Crippen molar-refractivity contribution in [2.24, 2.45) is 0 Å². The average Bonchev–Trinajstić information content (AvgIpc) is 2.48. The molecule has 1 N–H and O–H groups in total. The quantitative estimate of drug-likeness (QED) is 0.878. The van der Waals surface area contributed by atoms with Crippen molar-refractivity contribution in [3.8, 4) is 0 Å². The molecule has 1 amide bonds. The number of carbonyl (C=O) groups excluding carboxylic acids is 2. The van der Waals surface area contributed by atoms with Gasteiger partial charge in [0.15, 0.2) is 0 Å². The third-order valence-corrected chi connectivity index (χ3v) is 2.99. The first-order valence-corrected chi connectivity index (χ1v) is 6.32. The van der Waals surface area contributed by atoms with Crippen LogP contribution in [0.4, 0.5) is 18.9 Å². The molecule has 1 unspecified atom stereocenters. The summed E-state index contributed by atoms with van der Waals surface area (Å²) >= 11 is 0. The Balaban J connectivity index is 2.12. The standard InChI is InChI=1S/C16H11F3NO2/c17-16(18,19)12-6-8-13(9-7-12)20-15(22)14(10-21)11-4-2-1-3-5-11/h1-9,14H,(H,20,22). The summed E-state index contributed by atoms with van der Waals surface area (Å²) in [4.78, 5) is 23.0. The lowest BCUT2D eigenvalue weighted by molar-refractivity contribution is -0.137. The smallest absolute Gasteiger partial charge is 0.325 e. The number of carbonyl (C=O) groups is 1. The molecule has 3 nitrogen and oxygen atoms in total. The lowest BCUT2D eigenvalue weighted by atomic mass is 10.00. The van der Waals surface area contributed by atoms with Crippen LogP contribution in [-0.2, 0) is 15.8 Å². The van der Waals surface area contributed by atoms with Crippen molar-refractivity contribution in [2.75, 3.05) is 5.32 Å². The zero-order valence-electron chi connectivity index (χ0n) is 11.2. The van der Waals surface area contributed by atoms with Crippen LogP contribution in [0, 0.1) is 0 Å². The van der Waals surface area contributed by atoms with Gasteiger partial charge < -0.3 is 5.32 Å². The molecule has 0 saturated heterocycles. The van der Waals surface area contributed by atoms with Gasteiger partial charge in [-0.15, -0.1) is 0 Å². The molecular weight excluding hydrogens is 295 g/mol. The fourth-order valence-electron chi connectivity index (χ4n) is 1.88. The maximum atomic E-state index is 12.4. The molecule has 2 rings (SSSR count). The summed E-state index contributed by atoms with van der Waals surface area (Å²) < 4.78 is 37.3. The Morgan fingerprint density at radius 3 is 2.09 bits per heavy atom. The summed E-state index contributed by atoms with van der Waals surface area (Å²) in [6, 6.07) is 12.3. The van der Waals surface area contributed by atoms with Crippen LogP contribution in [-0.4, -0.2) is 12.2 Å². The third-order valence-electron chi connectivity index (χ3n) is 2.99. The molecule has 0 aromatic heterocycles. The van der Waals surface area contributed by atoms with Crippen molar-refractivity contribution in [2.45, 2.75) is 12.1 Å². The van der Waals surface area contributed by atoms with Crippen molar-refractivity contribution < 1.29 is 22.8 Å². The van der Waals surface area contributed by atoms with Crippen LogP contribution in [0.2, 0.25) is 0 Å². The van der Waals surface area contributed by atoms with E-state index in [0.29, 0.717) is 5.56 Å². The number of alkyl halides is 3. The summed E-state index contributed by atoms with van der Waals surface area (Å²) in [6.07, 6.45) is -2.81. The fraction of sp³-hybridized carbons (Fsp3) is 0.125. The summed E-state index contributed by atoms with van der Waals surface area (Å²) in [5.41, 5.74) is -0.178. The van der Waals surface area contributed by atoms with Gasteiger partial charge in [0.2, 0.25) is 12.2 Å². The first kappa shape index (κ1) is 15.8. The van der Waals surface area contributed by atoms with Gasteiger partial charge in [0.1, 0.15) is 5.92 Å². The predicted molar refractivity (Wildman–Crippen MR) is 75.0 cm³/mol. The number of anilines is 1. The van der Waals surface area contributed by atoms with E-state index in [1.165, 1.54) is 0 Å². The minimum Gasteiger partial charge on any atom is -0.325 e. The van der Waals surface area contributed by atoms with E-state index in [2.05, 4.69) is 5.32 Å². The molecule has 0 aliphatic rings. The van der Waals surface area contributed by atoms with Gasteiger partial charge >= 0.3 is 6.18 Å². The fourth-order valence-corrected chi connectivity index (χ4v) is 1.88. The van der Waals surface area contributed by atoms with E-state index >= 15 is 0 Å². The lowest BCUT2D eigenvalue weighted by Gasteiger charge is -2.12. The number of nitrogens with one attached hydrogen (secondary N) is 1. The number of rotatable bonds is 4. The molecule has 113 valence electrons. The molecule has 0 heterocycles. The summed E-state index contributed by atoms with van der Waals surface area (Å²) in [5, 5.41) is 2.40. The highest BCUT2D eigenvalue weighted by Gasteiger charge is 2.30. The third kappa shape index (κ3) is 3.72. The lowest BCUT2D eigenvalue weighted by Crippen LogP contribution is -2.22. The van der Waals surface area contributed by atoms with Crippen LogP contribution in [0.15, 0.2) is 54.6 Å². The van der Waals surface area contributed by atoms with Crippen molar-refractivity contribution in [3.63, 3.8) is 0 Å². The first-order chi connectivity index (χ1) is 10.4. The maximum absolute atomic E-state index is 12.4. The Bertz CT molecular complexity index is 651. The Morgan fingerprint density at radius 2 is 1.59 bits per heavy atom. The minimum atomic E-state index is -4.44. The Morgan fingerprint density at radius 1 is 1.00 bits per heavy atom.